The molecule has 0 bridgehead atoms. The molecule has 4 nitrogen and oxygen atoms in total. The van der Waals surface area contributed by atoms with E-state index in [1.807, 2.05) is 13.8 Å². The molecule has 13 heavy (non-hydrogen) atoms. The highest BCUT2D eigenvalue weighted by molar-refractivity contribution is 7.80. The van der Waals surface area contributed by atoms with Crippen molar-refractivity contribution in [1.82, 2.24) is 10.6 Å². The Morgan fingerprint density at radius 2 is 1.85 bits per heavy atom. The minimum Gasteiger partial charge on any atom is -0.366 e. The van der Waals surface area contributed by atoms with Crippen molar-refractivity contribution in [1.29, 1.82) is 0 Å². The molecule has 78 valence electrons. The summed E-state index contributed by atoms with van der Waals surface area (Å²) in [6, 6.07) is 0. The Labute approximate surface area is 85.0 Å². The van der Waals surface area contributed by atoms with E-state index in [2.05, 4.69) is 10.6 Å². The Balaban J connectivity index is 3.61. The Hall–Kier alpha value is -0.390. The zero-order valence-corrected chi connectivity index (χ0v) is 9.24. The van der Waals surface area contributed by atoms with E-state index in [1.165, 1.54) is 0 Å². The van der Waals surface area contributed by atoms with E-state index >= 15 is 0 Å². The van der Waals surface area contributed by atoms with Gasteiger partial charge in [0, 0.05) is 20.3 Å². The maximum atomic E-state index is 5.31. The van der Waals surface area contributed by atoms with Crippen LogP contribution in [0.5, 0.6) is 0 Å². The van der Waals surface area contributed by atoms with Gasteiger partial charge in [-0.25, -0.2) is 0 Å². The predicted octanol–water partition coefficient (Wildman–Crippen LogP) is 0.479. The van der Waals surface area contributed by atoms with Crippen LogP contribution in [-0.2, 0) is 9.47 Å². The highest BCUT2D eigenvalue weighted by atomic mass is 32.1. The second-order valence-corrected chi connectivity index (χ2v) is 2.71. The molecule has 0 saturated carbocycles. The van der Waals surface area contributed by atoms with E-state index in [-0.39, 0.29) is 6.29 Å². The smallest absolute Gasteiger partial charge is 0.174 e. The summed E-state index contributed by atoms with van der Waals surface area (Å²) < 4.78 is 10.6. The minimum absolute atomic E-state index is 0.221. The van der Waals surface area contributed by atoms with Crippen LogP contribution in [0.2, 0.25) is 0 Å². The minimum atomic E-state index is -0.221. The van der Waals surface area contributed by atoms with Crippen LogP contribution in [-0.4, -0.2) is 38.2 Å². The van der Waals surface area contributed by atoms with Gasteiger partial charge < -0.3 is 20.1 Å². The van der Waals surface area contributed by atoms with Crippen LogP contribution >= 0.6 is 12.2 Å². The number of ether oxygens (including phenoxy) is 2. The van der Waals surface area contributed by atoms with Crippen molar-refractivity contribution in [2.45, 2.75) is 20.1 Å². The molecule has 2 N–H and O–H groups in total. The van der Waals surface area contributed by atoms with Gasteiger partial charge in [-0.15, -0.1) is 0 Å². The quantitative estimate of drug-likeness (QED) is 0.489. The summed E-state index contributed by atoms with van der Waals surface area (Å²) >= 11 is 4.91. The first kappa shape index (κ1) is 12.6. The second-order valence-electron chi connectivity index (χ2n) is 2.30. The molecule has 0 radical (unpaired) electrons. The zero-order valence-electron chi connectivity index (χ0n) is 8.42. The molecular weight excluding hydrogens is 188 g/mol. The highest BCUT2D eigenvalue weighted by Gasteiger charge is 2.06. The summed E-state index contributed by atoms with van der Waals surface area (Å²) in [4.78, 5) is 0. The molecule has 0 aromatic rings. The van der Waals surface area contributed by atoms with Crippen molar-refractivity contribution in [3.05, 3.63) is 0 Å². The van der Waals surface area contributed by atoms with Gasteiger partial charge in [0.05, 0.1) is 6.54 Å². The lowest BCUT2D eigenvalue weighted by Crippen LogP contribution is -2.39. The molecule has 0 spiro atoms. The van der Waals surface area contributed by atoms with Gasteiger partial charge in [0.2, 0.25) is 0 Å². The molecular formula is C8H18N2O2S. The maximum absolute atomic E-state index is 5.31. The van der Waals surface area contributed by atoms with Crippen LogP contribution in [0.4, 0.5) is 0 Å². The maximum Gasteiger partial charge on any atom is 0.174 e. The molecule has 0 aliphatic carbocycles. The van der Waals surface area contributed by atoms with Gasteiger partial charge in [0.15, 0.2) is 11.4 Å². The van der Waals surface area contributed by atoms with E-state index in [9.17, 15) is 0 Å². The fraction of sp³-hybridized carbons (Fsp3) is 0.875. The summed E-state index contributed by atoms with van der Waals surface area (Å²) in [5.41, 5.74) is 0. The van der Waals surface area contributed by atoms with Crippen molar-refractivity contribution in [3.8, 4) is 0 Å². The van der Waals surface area contributed by atoms with E-state index in [4.69, 9.17) is 21.7 Å². The first-order valence-corrected chi connectivity index (χ1v) is 4.84. The predicted molar refractivity (Wildman–Crippen MR) is 56.7 cm³/mol. The Morgan fingerprint density at radius 3 is 2.23 bits per heavy atom. The Morgan fingerprint density at radius 1 is 1.31 bits per heavy atom. The number of nitrogens with one attached hydrogen (secondary N) is 2. The van der Waals surface area contributed by atoms with Crippen molar-refractivity contribution in [2.24, 2.45) is 0 Å². The number of rotatable bonds is 6. The van der Waals surface area contributed by atoms with Crippen molar-refractivity contribution in [2.75, 3.05) is 26.8 Å². The van der Waals surface area contributed by atoms with Crippen LogP contribution in [0.1, 0.15) is 13.8 Å². The van der Waals surface area contributed by atoms with E-state index in [0.29, 0.717) is 24.9 Å². The fourth-order valence-electron chi connectivity index (χ4n) is 0.802. The van der Waals surface area contributed by atoms with E-state index in [1.54, 1.807) is 7.05 Å². The molecule has 0 fully saturated rings. The van der Waals surface area contributed by atoms with E-state index < -0.39 is 0 Å². The van der Waals surface area contributed by atoms with Gasteiger partial charge in [-0.1, -0.05) is 0 Å². The molecule has 0 amide bonds. The van der Waals surface area contributed by atoms with Crippen molar-refractivity contribution < 1.29 is 9.47 Å². The third kappa shape index (κ3) is 6.74. The van der Waals surface area contributed by atoms with Crippen LogP contribution in [0.3, 0.4) is 0 Å². The lowest BCUT2D eigenvalue weighted by Gasteiger charge is -2.17. The molecule has 5 heteroatoms. The molecule has 0 heterocycles. The second kappa shape index (κ2) is 8.22. The Bertz CT molecular complexity index is 138. The third-order valence-electron chi connectivity index (χ3n) is 1.36. The summed E-state index contributed by atoms with van der Waals surface area (Å²) in [7, 11) is 1.77. The molecule has 0 aliphatic heterocycles. The van der Waals surface area contributed by atoms with Crippen LogP contribution in [0.25, 0.3) is 0 Å². The van der Waals surface area contributed by atoms with Crippen LogP contribution < -0.4 is 10.6 Å². The summed E-state index contributed by atoms with van der Waals surface area (Å²) in [6.07, 6.45) is -0.221. The van der Waals surface area contributed by atoms with Crippen LogP contribution in [0.15, 0.2) is 0 Å². The third-order valence-corrected chi connectivity index (χ3v) is 1.71. The lowest BCUT2D eigenvalue weighted by molar-refractivity contribution is -0.131. The lowest BCUT2D eigenvalue weighted by atomic mass is 10.6. The molecule has 0 aliphatic rings. The molecule has 0 saturated heterocycles. The first-order valence-electron chi connectivity index (χ1n) is 4.43. The molecule has 0 rings (SSSR count). The standard InChI is InChI=1S/C8H18N2O2S/c1-4-11-7(12-5-2)6-10-8(13)9-3/h7H,4-6H2,1-3H3,(H2,9,10,13). The average molecular weight is 206 g/mol. The van der Waals surface area contributed by atoms with Gasteiger partial charge in [0.25, 0.3) is 0 Å². The Kier molecular flexibility index (Phi) is 7.97. The molecule has 0 unspecified atom stereocenters. The SMILES string of the molecule is CCOC(CNC(=S)NC)OCC. The highest BCUT2D eigenvalue weighted by Crippen LogP contribution is 1.92. The van der Waals surface area contributed by atoms with Gasteiger partial charge in [-0.2, -0.15) is 0 Å². The normalized spacial score (nSPS) is 10.2. The number of hydrogen-bond donors (Lipinski definition) is 2. The van der Waals surface area contributed by atoms with Crippen LogP contribution in [0, 0.1) is 0 Å². The first-order chi connectivity index (χ1) is 6.24. The summed E-state index contributed by atoms with van der Waals surface area (Å²) in [6.45, 7) is 5.71. The molecule has 0 aromatic carbocycles. The van der Waals surface area contributed by atoms with Gasteiger partial charge in [0.1, 0.15) is 0 Å². The largest absolute Gasteiger partial charge is 0.366 e. The van der Waals surface area contributed by atoms with Crippen molar-refractivity contribution >= 4 is 17.3 Å². The van der Waals surface area contributed by atoms with Gasteiger partial charge >= 0.3 is 0 Å². The summed E-state index contributed by atoms with van der Waals surface area (Å²) in [5, 5.41) is 6.39. The fourth-order valence-corrected chi connectivity index (χ4v) is 0.886. The molecule has 0 aromatic heterocycles. The van der Waals surface area contributed by atoms with E-state index in [0.717, 1.165) is 0 Å². The van der Waals surface area contributed by atoms with Crippen molar-refractivity contribution in [3.63, 3.8) is 0 Å². The number of hydrogen-bond acceptors (Lipinski definition) is 3. The van der Waals surface area contributed by atoms with Gasteiger partial charge in [-0.3, -0.25) is 0 Å². The topological polar surface area (TPSA) is 42.5 Å². The molecule has 0 atom stereocenters. The monoisotopic (exact) mass is 206 g/mol. The summed E-state index contributed by atoms with van der Waals surface area (Å²) in [5.74, 6) is 0. The number of thiocarbonyl (C=S) groups is 1. The average Bonchev–Trinajstić information content (AvgIpc) is 2.14. The van der Waals surface area contributed by atoms with Gasteiger partial charge in [-0.05, 0) is 26.1 Å². The zero-order chi connectivity index (χ0) is 10.1.